The van der Waals surface area contributed by atoms with Crippen molar-refractivity contribution in [3.63, 3.8) is 0 Å². The largest absolute Gasteiger partial charge is 0.388 e. The van der Waals surface area contributed by atoms with E-state index in [0.29, 0.717) is 12.0 Å². The predicted octanol–water partition coefficient (Wildman–Crippen LogP) is 2.79. The van der Waals surface area contributed by atoms with Crippen molar-refractivity contribution in [1.29, 1.82) is 0 Å². The molecule has 0 atom stereocenters. The number of nitrogens with zero attached hydrogens (tertiary/aromatic N) is 3. The van der Waals surface area contributed by atoms with Gasteiger partial charge in [0.2, 0.25) is 0 Å². The average molecular weight is 237 g/mol. The fourth-order valence-electron chi connectivity index (χ4n) is 2.55. The van der Waals surface area contributed by atoms with Crippen LogP contribution in [0.15, 0.2) is 0 Å². The van der Waals surface area contributed by atoms with Crippen LogP contribution >= 0.6 is 0 Å². The Labute approximate surface area is 103 Å². The Morgan fingerprint density at radius 3 is 2.35 bits per heavy atom. The molecule has 17 heavy (non-hydrogen) atoms. The Balaban J connectivity index is 2.25. The standard InChI is InChI=1S/C13H23N3O/c1-3-5-10(6-4-2)13-15-14-12(9-17)16(13)11-7-8-11/h10-11,17H,3-9H2,1-2H3. The van der Waals surface area contributed by atoms with E-state index in [1.54, 1.807) is 0 Å². The molecule has 1 aromatic heterocycles. The lowest BCUT2D eigenvalue weighted by Crippen LogP contribution is -2.11. The Morgan fingerprint density at radius 2 is 1.88 bits per heavy atom. The highest BCUT2D eigenvalue weighted by Crippen LogP contribution is 2.39. The number of rotatable bonds is 7. The molecule has 0 unspecified atom stereocenters. The minimum absolute atomic E-state index is 0.00840. The lowest BCUT2D eigenvalue weighted by molar-refractivity contribution is 0.263. The van der Waals surface area contributed by atoms with Crippen LogP contribution in [0.5, 0.6) is 0 Å². The molecule has 0 radical (unpaired) electrons. The zero-order chi connectivity index (χ0) is 12.3. The van der Waals surface area contributed by atoms with Crippen LogP contribution < -0.4 is 0 Å². The maximum atomic E-state index is 9.33. The van der Waals surface area contributed by atoms with Gasteiger partial charge in [-0.1, -0.05) is 26.7 Å². The number of aliphatic hydroxyl groups excluding tert-OH is 1. The second kappa shape index (κ2) is 5.63. The first-order valence-electron chi connectivity index (χ1n) is 6.86. The van der Waals surface area contributed by atoms with Crippen LogP contribution in [0.1, 0.15) is 76.0 Å². The average Bonchev–Trinajstić information content (AvgIpc) is 3.08. The molecule has 1 heterocycles. The third kappa shape index (κ3) is 2.68. The topological polar surface area (TPSA) is 50.9 Å². The van der Waals surface area contributed by atoms with Gasteiger partial charge in [-0.2, -0.15) is 0 Å². The number of aromatic nitrogens is 3. The van der Waals surface area contributed by atoms with Crippen LogP contribution in [0.3, 0.4) is 0 Å². The van der Waals surface area contributed by atoms with Crippen LogP contribution in [0.2, 0.25) is 0 Å². The summed E-state index contributed by atoms with van der Waals surface area (Å²) in [5, 5.41) is 17.8. The first kappa shape index (κ1) is 12.6. The molecule has 1 aromatic rings. The summed E-state index contributed by atoms with van der Waals surface area (Å²) in [6.07, 6.45) is 7.12. The van der Waals surface area contributed by atoms with Gasteiger partial charge >= 0.3 is 0 Å². The molecule has 96 valence electrons. The van der Waals surface area contributed by atoms with E-state index in [2.05, 4.69) is 28.6 Å². The highest BCUT2D eigenvalue weighted by Gasteiger charge is 2.31. The molecule has 0 bridgehead atoms. The van der Waals surface area contributed by atoms with Crippen molar-refractivity contribution in [3.8, 4) is 0 Å². The van der Waals surface area contributed by atoms with Gasteiger partial charge in [-0.3, -0.25) is 0 Å². The molecule has 4 nitrogen and oxygen atoms in total. The van der Waals surface area contributed by atoms with Gasteiger partial charge in [0.1, 0.15) is 12.4 Å². The number of hydrogen-bond donors (Lipinski definition) is 1. The third-order valence-corrected chi connectivity index (χ3v) is 3.49. The Kier molecular flexibility index (Phi) is 4.15. The van der Waals surface area contributed by atoms with Crippen molar-refractivity contribution in [2.45, 2.75) is 70.9 Å². The lowest BCUT2D eigenvalue weighted by atomic mass is 9.97. The van der Waals surface area contributed by atoms with Gasteiger partial charge in [0.05, 0.1) is 0 Å². The summed E-state index contributed by atoms with van der Waals surface area (Å²) in [5.74, 6) is 2.37. The minimum Gasteiger partial charge on any atom is -0.388 e. The molecule has 1 fully saturated rings. The molecule has 1 saturated carbocycles. The quantitative estimate of drug-likeness (QED) is 0.793. The van der Waals surface area contributed by atoms with Crippen molar-refractivity contribution in [2.75, 3.05) is 0 Å². The van der Waals surface area contributed by atoms with E-state index in [9.17, 15) is 5.11 Å². The second-order valence-corrected chi connectivity index (χ2v) is 5.01. The van der Waals surface area contributed by atoms with E-state index in [1.165, 1.54) is 38.5 Å². The van der Waals surface area contributed by atoms with Crippen molar-refractivity contribution >= 4 is 0 Å². The van der Waals surface area contributed by atoms with E-state index < -0.39 is 0 Å². The normalized spacial score (nSPS) is 15.8. The monoisotopic (exact) mass is 237 g/mol. The Morgan fingerprint density at radius 1 is 1.24 bits per heavy atom. The zero-order valence-corrected chi connectivity index (χ0v) is 10.9. The number of aliphatic hydroxyl groups is 1. The zero-order valence-electron chi connectivity index (χ0n) is 10.9. The summed E-state index contributed by atoms with van der Waals surface area (Å²) in [4.78, 5) is 0. The predicted molar refractivity (Wildman–Crippen MR) is 66.8 cm³/mol. The van der Waals surface area contributed by atoms with Crippen LogP contribution in [-0.2, 0) is 6.61 Å². The molecule has 0 saturated heterocycles. The molecule has 0 amide bonds. The molecular weight excluding hydrogens is 214 g/mol. The molecule has 0 spiro atoms. The van der Waals surface area contributed by atoms with Crippen molar-refractivity contribution in [1.82, 2.24) is 14.8 Å². The first-order chi connectivity index (χ1) is 8.31. The van der Waals surface area contributed by atoms with Gasteiger partial charge in [-0.25, -0.2) is 0 Å². The van der Waals surface area contributed by atoms with E-state index in [-0.39, 0.29) is 6.61 Å². The summed E-state index contributed by atoms with van der Waals surface area (Å²) in [5.41, 5.74) is 0. The highest BCUT2D eigenvalue weighted by atomic mass is 16.3. The fraction of sp³-hybridized carbons (Fsp3) is 0.846. The summed E-state index contributed by atoms with van der Waals surface area (Å²) in [6.45, 7) is 4.44. The minimum atomic E-state index is 0.00840. The summed E-state index contributed by atoms with van der Waals surface area (Å²) >= 11 is 0. The van der Waals surface area contributed by atoms with Crippen molar-refractivity contribution in [2.24, 2.45) is 0 Å². The highest BCUT2D eigenvalue weighted by molar-refractivity contribution is 5.07. The summed E-state index contributed by atoms with van der Waals surface area (Å²) < 4.78 is 2.20. The molecular formula is C13H23N3O. The van der Waals surface area contributed by atoms with E-state index >= 15 is 0 Å². The van der Waals surface area contributed by atoms with Gasteiger partial charge in [0.15, 0.2) is 5.82 Å². The fourth-order valence-corrected chi connectivity index (χ4v) is 2.55. The second-order valence-electron chi connectivity index (χ2n) is 5.01. The Hall–Kier alpha value is -0.900. The third-order valence-electron chi connectivity index (χ3n) is 3.49. The Bertz CT molecular complexity index is 352. The van der Waals surface area contributed by atoms with Crippen molar-refractivity contribution in [3.05, 3.63) is 11.6 Å². The SMILES string of the molecule is CCCC(CCC)c1nnc(CO)n1C1CC1. The first-order valence-corrected chi connectivity index (χ1v) is 6.86. The van der Waals surface area contributed by atoms with Crippen molar-refractivity contribution < 1.29 is 5.11 Å². The molecule has 4 heteroatoms. The van der Waals surface area contributed by atoms with Crippen LogP contribution in [0, 0.1) is 0 Å². The van der Waals surface area contributed by atoms with E-state index in [4.69, 9.17) is 0 Å². The van der Waals surface area contributed by atoms with Gasteiger partial charge in [-0.15, -0.1) is 10.2 Å². The summed E-state index contributed by atoms with van der Waals surface area (Å²) in [6, 6.07) is 0.554. The van der Waals surface area contributed by atoms with Gasteiger partial charge in [0, 0.05) is 12.0 Å². The maximum Gasteiger partial charge on any atom is 0.159 e. The molecule has 1 N–H and O–H groups in total. The number of hydrogen-bond acceptors (Lipinski definition) is 3. The summed E-state index contributed by atoms with van der Waals surface area (Å²) in [7, 11) is 0. The molecule has 1 aliphatic rings. The van der Waals surface area contributed by atoms with Crippen LogP contribution in [-0.4, -0.2) is 19.9 Å². The molecule has 2 rings (SSSR count). The van der Waals surface area contributed by atoms with Crippen LogP contribution in [0.25, 0.3) is 0 Å². The van der Waals surface area contributed by atoms with Crippen LogP contribution in [0.4, 0.5) is 0 Å². The lowest BCUT2D eigenvalue weighted by Gasteiger charge is -2.16. The molecule has 0 aliphatic heterocycles. The van der Waals surface area contributed by atoms with E-state index in [0.717, 1.165) is 11.6 Å². The van der Waals surface area contributed by atoms with Gasteiger partial charge in [0.25, 0.3) is 0 Å². The molecule has 1 aliphatic carbocycles. The molecule has 0 aromatic carbocycles. The smallest absolute Gasteiger partial charge is 0.159 e. The maximum absolute atomic E-state index is 9.33. The van der Waals surface area contributed by atoms with E-state index in [1.807, 2.05) is 0 Å². The van der Waals surface area contributed by atoms with Gasteiger partial charge in [-0.05, 0) is 25.7 Å². The van der Waals surface area contributed by atoms with Gasteiger partial charge < -0.3 is 9.67 Å².